The van der Waals surface area contributed by atoms with Gasteiger partial charge < -0.3 is 0 Å². The zero-order chi connectivity index (χ0) is 5.11. The summed E-state index contributed by atoms with van der Waals surface area (Å²) < 4.78 is 1.45. The second-order valence-corrected chi connectivity index (χ2v) is 3.20. The molecule has 1 rings (SSSR count). The maximum absolute atomic E-state index is 2.14. The molecule has 0 radical (unpaired) electrons. The van der Waals surface area contributed by atoms with Crippen LogP contribution in [0.4, 0.5) is 0 Å². The van der Waals surface area contributed by atoms with Crippen LogP contribution in [-0.4, -0.2) is 16.9 Å². The van der Waals surface area contributed by atoms with Crippen molar-refractivity contribution in [1.82, 2.24) is 0 Å². The predicted octanol–water partition coefficient (Wildman–Crippen LogP) is -0.323. The average Bonchev–Trinajstić information content (AvgIpc) is 1.69. The van der Waals surface area contributed by atoms with Gasteiger partial charge in [-0.1, -0.05) is 0 Å². The molecule has 0 saturated heterocycles. The number of hydrogen-bond acceptors (Lipinski definition) is 0. The summed E-state index contributed by atoms with van der Waals surface area (Å²) in [5.41, 5.74) is 0. The van der Waals surface area contributed by atoms with Crippen LogP contribution in [0.2, 0.25) is 0 Å². The third kappa shape index (κ3) is 1.36. The van der Waals surface area contributed by atoms with Crippen molar-refractivity contribution in [3.8, 4) is 0 Å². The van der Waals surface area contributed by atoms with Crippen molar-refractivity contribution < 1.29 is 0 Å². The monoisotopic (exact) mass is 155 g/mol. The van der Waals surface area contributed by atoms with Crippen LogP contribution in [0.5, 0.6) is 0 Å². The molecule has 1 aromatic carbocycles. The first-order chi connectivity index (χ1) is 3.39. The van der Waals surface area contributed by atoms with E-state index in [9.17, 15) is 0 Å². The molecule has 0 fully saturated rings. The van der Waals surface area contributed by atoms with Gasteiger partial charge in [0.05, 0.1) is 0 Å². The predicted molar refractivity (Wildman–Crippen MR) is 36.0 cm³/mol. The first-order valence-corrected chi connectivity index (χ1v) is 3.75. The number of rotatable bonds is 0. The van der Waals surface area contributed by atoms with Gasteiger partial charge in [-0.25, -0.2) is 0 Å². The van der Waals surface area contributed by atoms with Gasteiger partial charge in [-0.15, -0.1) is 0 Å². The van der Waals surface area contributed by atoms with Crippen molar-refractivity contribution in [2.75, 3.05) is 0 Å². The van der Waals surface area contributed by atoms with E-state index in [2.05, 4.69) is 24.3 Å². The number of hydrogen-bond donors (Lipinski definition) is 0. The molecule has 0 aromatic heterocycles. The fraction of sp³-hybridized carbons (Fsp3) is 0. The van der Waals surface area contributed by atoms with E-state index >= 15 is 0 Å². The Labute approximate surface area is 52.1 Å². The third-order valence-electron chi connectivity index (χ3n) is 0.843. The van der Waals surface area contributed by atoms with E-state index in [1.807, 2.05) is 6.07 Å². The van der Waals surface area contributed by atoms with Crippen LogP contribution < -0.4 is 4.35 Å². The van der Waals surface area contributed by atoms with E-state index in [-0.39, 0.29) is 0 Å². The van der Waals surface area contributed by atoms with Gasteiger partial charge in [0.15, 0.2) is 0 Å². The summed E-state index contributed by atoms with van der Waals surface area (Å²) >= 11 is 1.26. The Morgan fingerprint density at radius 1 is 1.00 bits per heavy atom. The third-order valence-corrected chi connectivity index (χ3v) is 1.83. The standard InChI is InChI=1S/C6H8As/c7-6-4-2-1-3-5-6/h1-5H,7H3/q+1. The molecule has 0 nitrogen and oxygen atoms in total. The van der Waals surface area contributed by atoms with Crippen LogP contribution in [0, 0.1) is 0 Å². The Kier molecular flexibility index (Phi) is 1.53. The quantitative estimate of drug-likeness (QED) is 0.450. The topological polar surface area (TPSA) is 0 Å². The maximum atomic E-state index is 2.14. The van der Waals surface area contributed by atoms with Crippen molar-refractivity contribution in [3.63, 3.8) is 0 Å². The van der Waals surface area contributed by atoms with E-state index in [0.29, 0.717) is 0 Å². The molecule has 0 saturated carbocycles. The molecular weight excluding hydrogens is 147 g/mol. The van der Waals surface area contributed by atoms with E-state index in [1.165, 1.54) is 21.2 Å². The summed E-state index contributed by atoms with van der Waals surface area (Å²) in [6.45, 7) is 0. The molecule has 1 aromatic rings. The fourth-order valence-corrected chi connectivity index (χ4v) is 1.05. The summed E-state index contributed by atoms with van der Waals surface area (Å²) in [5.74, 6) is 0. The van der Waals surface area contributed by atoms with Gasteiger partial charge in [0.25, 0.3) is 0 Å². The first kappa shape index (κ1) is 4.93. The summed E-state index contributed by atoms with van der Waals surface area (Å²) in [7, 11) is 0. The Morgan fingerprint density at radius 3 is 1.86 bits per heavy atom. The molecule has 1 unspecified atom stereocenters. The zero-order valence-electron chi connectivity index (χ0n) is 4.09. The summed E-state index contributed by atoms with van der Waals surface area (Å²) in [6.07, 6.45) is 0. The van der Waals surface area contributed by atoms with Gasteiger partial charge in [-0.3, -0.25) is 0 Å². The van der Waals surface area contributed by atoms with Crippen LogP contribution in [0.25, 0.3) is 0 Å². The second kappa shape index (κ2) is 2.18. The molecule has 0 aliphatic carbocycles. The van der Waals surface area contributed by atoms with E-state index in [1.54, 1.807) is 0 Å². The minimum absolute atomic E-state index is 1.26. The molecule has 0 bridgehead atoms. The van der Waals surface area contributed by atoms with Crippen molar-refractivity contribution in [1.29, 1.82) is 0 Å². The molecule has 0 heterocycles. The summed E-state index contributed by atoms with van der Waals surface area (Å²) in [5, 5.41) is 0. The molecule has 0 amide bonds. The van der Waals surface area contributed by atoms with Crippen molar-refractivity contribution >= 4 is 21.2 Å². The van der Waals surface area contributed by atoms with Gasteiger partial charge in [-0.2, -0.15) is 0 Å². The van der Waals surface area contributed by atoms with Crippen LogP contribution in [-0.2, 0) is 0 Å². The molecule has 0 aliphatic heterocycles. The zero-order valence-corrected chi connectivity index (χ0v) is 7.06. The molecule has 0 aliphatic rings. The Hall–Kier alpha value is -0.222. The van der Waals surface area contributed by atoms with E-state index in [0.717, 1.165) is 0 Å². The van der Waals surface area contributed by atoms with Crippen LogP contribution in [0.1, 0.15) is 0 Å². The normalized spacial score (nSPS) is 9.14. The molecule has 0 spiro atoms. The van der Waals surface area contributed by atoms with Gasteiger partial charge >= 0.3 is 51.5 Å². The van der Waals surface area contributed by atoms with Crippen LogP contribution in [0.15, 0.2) is 30.3 Å². The van der Waals surface area contributed by atoms with Crippen LogP contribution in [0.3, 0.4) is 0 Å². The van der Waals surface area contributed by atoms with E-state index in [4.69, 9.17) is 0 Å². The van der Waals surface area contributed by atoms with Gasteiger partial charge in [0.2, 0.25) is 0 Å². The van der Waals surface area contributed by atoms with Gasteiger partial charge in [0.1, 0.15) is 0 Å². The number of benzene rings is 1. The average molecular weight is 155 g/mol. The Bertz CT molecular complexity index is 134. The molecule has 36 valence electrons. The molecule has 1 heteroatoms. The molecule has 0 N–H and O–H groups in total. The van der Waals surface area contributed by atoms with E-state index < -0.39 is 0 Å². The van der Waals surface area contributed by atoms with Crippen molar-refractivity contribution in [2.24, 2.45) is 0 Å². The Morgan fingerprint density at radius 2 is 1.57 bits per heavy atom. The SMILES string of the molecule is [AsH3+]c1ccccc1. The van der Waals surface area contributed by atoms with Crippen LogP contribution >= 0.6 is 0 Å². The first-order valence-electron chi connectivity index (χ1n) is 2.26. The Balaban J connectivity index is 3.02. The van der Waals surface area contributed by atoms with Crippen molar-refractivity contribution in [3.05, 3.63) is 30.3 Å². The molecular formula is C6H8As+. The molecule has 7 heavy (non-hydrogen) atoms. The summed E-state index contributed by atoms with van der Waals surface area (Å²) in [6, 6.07) is 10.5. The second-order valence-electron chi connectivity index (χ2n) is 1.49. The van der Waals surface area contributed by atoms with Crippen molar-refractivity contribution in [2.45, 2.75) is 0 Å². The minimum atomic E-state index is 1.26. The fourth-order valence-electron chi connectivity index (χ4n) is 0.478. The van der Waals surface area contributed by atoms with Gasteiger partial charge in [-0.05, 0) is 0 Å². The summed E-state index contributed by atoms with van der Waals surface area (Å²) in [4.78, 5) is 0. The van der Waals surface area contributed by atoms with Gasteiger partial charge in [0, 0.05) is 0 Å². The molecule has 1 atom stereocenters.